The summed E-state index contributed by atoms with van der Waals surface area (Å²) < 4.78 is 10.5. The molecular weight excluding hydrogens is 230 g/mol. The number of benzene rings is 1. The highest BCUT2D eigenvalue weighted by molar-refractivity contribution is 5.76. The van der Waals surface area contributed by atoms with Gasteiger partial charge in [-0.05, 0) is 12.5 Å². The number of morpholine rings is 1. The number of rotatable bonds is 4. The minimum absolute atomic E-state index is 0.187. The fourth-order valence-corrected chi connectivity index (χ4v) is 2.10. The Morgan fingerprint density at radius 3 is 2.94 bits per heavy atom. The molecule has 1 aromatic carbocycles. The van der Waals surface area contributed by atoms with Gasteiger partial charge in [-0.3, -0.25) is 9.69 Å². The van der Waals surface area contributed by atoms with Crippen LogP contribution in [0.1, 0.15) is 12.5 Å². The molecule has 1 heterocycles. The first kappa shape index (κ1) is 13.1. The minimum Gasteiger partial charge on any atom is -0.465 e. The molecule has 98 valence electrons. The largest absolute Gasteiger partial charge is 0.465 e. The molecular formula is C14H19NO3. The van der Waals surface area contributed by atoms with Gasteiger partial charge >= 0.3 is 5.97 Å². The topological polar surface area (TPSA) is 38.8 Å². The van der Waals surface area contributed by atoms with Crippen molar-refractivity contribution in [2.75, 3.05) is 26.4 Å². The van der Waals surface area contributed by atoms with Crippen LogP contribution in [-0.4, -0.2) is 43.3 Å². The SMILES string of the molecule is CCOC(=O)C1COCCN1Cc1ccccc1. The van der Waals surface area contributed by atoms with Gasteiger partial charge in [-0.25, -0.2) is 0 Å². The first-order chi connectivity index (χ1) is 8.81. The lowest BCUT2D eigenvalue weighted by molar-refractivity contribution is -0.156. The molecule has 1 atom stereocenters. The van der Waals surface area contributed by atoms with Crippen molar-refractivity contribution in [2.45, 2.75) is 19.5 Å². The van der Waals surface area contributed by atoms with Gasteiger partial charge in [-0.1, -0.05) is 30.3 Å². The summed E-state index contributed by atoms with van der Waals surface area (Å²) in [5.41, 5.74) is 1.20. The van der Waals surface area contributed by atoms with Crippen LogP contribution in [0.5, 0.6) is 0 Å². The maximum atomic E-state index is 11.9. The molecule has 4 nitrogen and oxygen atoms in total. The number of hydrogen-bond donors (Lipinski definition) is 0. The molecule has 0 aliphatic carbocycles. The van der Waals surface area contributed by atoms with Crippen LogP contribution in [0, 0.1) is 0 Å². The van der Waals surface area contributed by atoms with Crippen LogP contribution >= 0.6 is 0 Å². The molecule has 4 heteroatoms. The van der Waals surface area contributed by atoms with E-state index >= 15 is 0 Å². The third-order valence-electron chi connectivity index (χ3n) is 3.03. The molecule has 0 N–H and O–H groups in total. The van der Waals surface area contributed by atoms with Crippen LogP contribution in [-0.2, 0) is 20.8 Å². The smallest absolute Gasteiger partial charge is 0.325 e. The first-order valence-electron chi connectivity index (χ1n) is 6.33. The number of esters is 1. The van der Waals surface area contributed by atoms with Crippen molar-refractivity contribution < 1.29 is 14.3 Å². The lowest BCUT2D eigenvalue weighted by Crippen LogP contribution is -2.50. The predicted molar refractivity (Wildman–Crippen MR) is 68.1 cm³/mol. The van der Waals surface area contributed by atoms with Crippen molar-refractivity contribution >= 4 is 5.97 Å². The van der Waals surface area contributed by atoms with E-state index in [0.717, 1.165) is 13.1 Å². The molecule has 0 radical (unpaired) electrons. The normalized spacial score (nSPS) is 20.6. The van der Waals surface area contributed by atoms with Crippen LogP contribution in [0.15, 0.2) is 30.3 Å². The summed E-state index contributed by atoms with van der Waals surface area (Å²) in [7, 11) is 0. The van der Waals surface area contributed by atoms with E-state index in [9.17, 15) is 4.79 Å². The van der Waals surface area contributed by atoms with Crippen LogP contribution in [0.2, 0.25) is 0 Å². The van der Waals surface area contributed by atoms with Crippen LogP contribution in [0.3, 0.4) is 0 Å². The fraction of sp³-hybridized carbons (Fsp3) is 0.500. The van der Waals surface area contributed by atoms with Gasteiger partial charge in [0.1, 0.15) is 6.04 Å². The first-order valence-corrected chi connectivity index (χ1v) is 6.33. The third kappa shape index (κ3) is 3.31. The van der Waals surface area contributed by atoms with E-state index < -0.39 is 0 Å². The van der Waals surface area contributed by atoms with E-state index in [1.165, 1.54) is 5.56 Å². The summed E-state index contributed by atoms with van der Waals surface area (Å²) in [6.45, 7) is 4.85. The van der Waals surface area contributed by atoms with Gasteiger partial charge in [-0.2, -0.15) is 0 Å². The van der Waals surface area contributed by atoms with E-state index in [4.69, 9.17) is 9.47 Å². The van der Waals surface area contributed by atoms with Crippen molar-refractivity contribution in [3.05, 3.63) is 35.9 Å². The zero-order valence-electron chi connectivity index (χ0n) is 10.7. The molecule has 0 aromatic heterocycles. The monoisotopic (exact) mass is 249 g/mol. The summed E-state index contributed by atoms with van der Waals surface area (Å²) in [5.74, 6) is -0.187. The second-order valence-corrected chi connectivity index (χ2v) is 4.30. The summed E-state index contributed by atoms with van der Waals surface area (Å²) in [5, 5.41) is 0. The molecule has 0 amide bonds. The lowest BCUT2D eigenvalue weighted by Gasteiger charge is -2.33. The van der Waals surface area contributed by atoms with E-state index in [0.29, 0.717) is 19.8 Å². The standard InChI is InChI=1S/C14H19NO3/c1-2-18-14(16)13-11-17-9-8-15(13)10-12-6-4-3-5-7-12/h3-7,13H,2,8-11H2,1H3. The Kier molecular flexibility index (Phi) is 4.73. The molecule has 0 bridgehead atoms. The average Bonchev–Trinajstić information content (AvgIpc) is 2.41. The Bertz CT molecular complexity index is 380. The number of hydrogen-bond acceptors (Lipinski definition) is 4. The molecule has 18 heavy (non-hydrogen) atoms. The molecule has 2 rings (SSSR count). The average molecular weight is 249 g/mol. The highest BCUT2D eigenvalue weighted by atomic mass is 16.5. The molecule has 1 aliphatic heterocycles. The van der Waals surface area contributed by atoms with Crippen LogP contribution < -0.4 is 0 Å². The molecule has 1 aromatic rings. The van der Waals surface area contributed by atoms with Crippen molar-refractivity contribution in [3.63, 3.8) is 0 Å². The highest BCUT2D eigenvalue weighted by Crippen LogP contribution is 2.13. The van der Waals surface area contributed by atoms with Gasteiger partial charge < -0.3 is 9.47 Å². The van der Waals surface area contributed by atoms with Gasteiger partial charge in [0.2, 0.25) is 0 Å². The molecule has 1 saturated heterocycles. The van der Waals surface area contributed by atoms with E-state index in [1.807, 2.05) is 25.1 Å². The molecule has 0 saturated carbocycles. The summed E-state index contributed by atoms with van der Waals surface area (Å²) in [6, 6.07) is 9.87. The van der Waals surface area contributed by atoms with Gasteiger partial charge in [0.15, 0.2) is 0 Å². The van der Waals surface area contributed by atoms with Gasteiger partial charge in [0.25, 0.3) is 0 Å². The van der Waals surface area contributed by atoms with Crippen molar-refractivity contribution in [1.29, 1.82) is 0 Å². The van der Waals surface area contributed by atoms with Gasteiger partial charge in [0.05, 0.1) is 19.8 Å². The molecule has 1 aliphatic rings. The highest BCUT2D eigenvalue weighted by Gasteiger charge is 2.30. The molecule has 0 spiro atoms. The Balaban J connectivity index is 2.01. The number of nitrogens with zero attached hydrogens (tertiary/aromatic N) is 1. The Hall–Kier alpha value is -1.39. The third-order valence-corrected chi connectivity index (χ3v) is 3.03. The Labute approximate surface area is 107 Å². The summed E-state index contributed by atoms with van der Waals surface area (Å²) >= 11 is 0. The zero-order valence-corrected chi connectivity index (χ0v) is 10.7. The van der Waals surface area contributed by atoms with Crippen molar-refractivity contribution in [3.8, 4) is 0 Å². The fourth-order valence-electron chi connectivity index (χ4n) is 2.10. The lowest BCUT2D eigenvalue weighted by atomic mass is 10.1. The van der Waals surface area contributed by atoms with Gasteiger partial charge in [0, 0.05) is 13.1 Å². The van der Waals surface area contributed by atoms with E-state index in [2.05, 4.69) is 17.0 Å². The molecule has 1 unspecified atom stereocenters. The van der Waals surface area contributed by atoms with E-state index in [-0.39, 0.29) is 12.0 Å². The van der Waals surface area contributed by atoms with Crippen molar-refractivity contribution in [1.82, 2.24) is 4.90 Å². The maximum absolute atomic E-state index is 11.9. The van der Waals surface area contributed by atoms with E-state index in [1.54, 1.807) is 0 Å². The summed E-state index contributed by atoms with van der Waals surface area (Å²) in [6.07, 6.45) is 0. The van der Waals surface area contributed by atoms with Crippen LogP contribution in [0.25, 0.3) is 0 Å². The Morgan fingerprint density at radius 1 is 1.44 bits per heavy atom. The quantitative estimate of drug-likeness (QED) is 0.757. The molecule has 1 fully saturated rings. The zero-order chi connectivity index (χ0) is 12.8. The second kappa shape index (κ2) is 6.52. The number of carbonyl (C=O) groups is 1. The predicted octanol–water partition coefficient (Wildman–Crippen LogP) is 1.45. The van der Waals surface area contributed by atoms with Crippen LogP contribution in [0.4, 0.5) is 0 Å². The number of carbonyl (C=O) groups excluding carboxylic acids is 1. The van der Waals surface area contributed by atoms with Crippen molar-refractivity contribution in [2.24, 2.45) is 0 Å². The number of ether oxygens (including phenoxy) is 2. The van der Waals surface area contributed by atoms with Gasteiger partial charge in [-0.15, -0.1) is 0 Å². The summed E-state index contributed by atoms with van der Waals surface area (Å²) in [4.78, 5) is 14.0. The maximum Gasteiger partial charge on any atom is 0.325 e. The minimum atomic E-state index is -0.279. The second-order valence-electron chi connectivity index (χ2n) is 4.30. The Morgan fingerprint density at radius 2 is 2.22 bits per heavy atom.